The van der Waals surface area contributed by atoms with Crippen LogP contribution in [-0.2, 0) is 32.6 Å². The lowest BCUT2D eigenvalue weighted by Crippen LogP contribution is -2.44. The van der Waals surface area contributed by atoms with Crippen LogP contribution in [0, 0.1) is 5.92 Å². The van der Waals surface area contributed by atoms with Gasteiger partial charge in [0.2, 0.25) is 21.8 Å². The molecule has 0 aliphatic heterocycles. The normalized spacial score (nSPS) is 14.1. The Kier molecular flexibility index (Phi) is 9.54. The van der Waals surface area contributed by atoms with Crippen LogP contribution in [0.15, 0.2) is 89.8 Å². The van der Waals surface area contributed by atoms with Gasteiger partial charge < -0.3 is 10.2 Å². The Hall–Kier alpha value is -3.49. The summed E-state index contributed by atoms with van der Waals surface area (Å²) in [6, 6.07) is 25.0. The maximum Gasteiger partial charge on any atom is 0.247 e. The van der Waals surface area contributed by atoms with Crippen LogP contribution in [-0.4, -0.2) is 37.7 Å². The van der Waals surface area contributed by atoms with Crippen LogP contribution >= 0.6 is 0 Å². The van der Waals surface area contributed by atoms with E-state index < -0.39 is 16.1 Å². The first kappa shape index (κ1) is 28.5. The molecule has 8 heteroatoms. The van der Waals surface area contributed by atoms with Crippen LogP contribution in [0.3, 0.4) is 0 Å². The van der Waals surface area contributed by atoms with Gasteiger partial charge >= 0.3 is 0 Å². The van der Waals surface area contributed by atoms with E-state index in [1.807, 2.05) is 74.5 Å². The number of carbonyl (C=O) groups is 2. The van der Waals surface area contributed by atoms with Crippen molar-refractivity contribution in [3.05, 3.63) is 102 Å². The third-order valence-electron chi connectivity index (χ3n) is 6.64. The molecule has 206 valence electrons. The molecule has 0 aromatic heterocycles. The zero-order chi connectivity index (χ0) is 27.8. The topological polar surface area (TPSA) is 95.6 Å². The van der Waals surface area contributed by atoms with E-state index >= 15 is 0 Å². The number of sulfonamides is 1. The predicted molar refractivity (Wildman–Crippen MR) is 152 cm³/mol. The largest absolute Gasteiger partial charge is 0.354 e. The zero-order valence-corrected chi connectivity index (χ0v) is 23.4. The Morgan fingerprint density at radius 3 is 2.08 bits per heavy atom. The first-order valence-electron chi connectivity index (χ1n) is 13.5. The van der Waals surface area contributed by atoms with Crippen molar-refractivity contribution in [3.8, 4) is 0 Å². The third-order valence-corrected chi connectivity index (χ3v) is 8.17. The molecular formula is C31H37N3O4S. The van der Waals surface area contributed by atoms with Crippen molar-refractivity contribution >= 4 is 21.8 Å². The van der Waals surface area contributed by atoms with E-state index in [0.717, 1.165) is 29.5 Å². The second kappa shape index (κ2) is 13.0. The van der Waals surface area contributed by atoms with E-state index in [4.69, 9.17) is 0 Å². The Morgan fingerprint density at radius 2 is 1.49 bits per heavy atom. The fraction of sp³-hybridized carbons (Fsp3) is 0.355. The number of amides is 2. The van der Waals surface area contributed by atoms with Crippen molar-refractivity contribution in [3.63, 3.8) is 0 Å². The molecule has 1 aliphatic carbocycles. The van der Waals surface area contributed by atoms with Crippen LogP contribution in [0.5, 0.6) is 0 Å². The first-order valence-corrected chi connectivity index (χ1v) is 15.0. The van der Waals surface area contributed by atoms with Gasteiger partial charge in [-0.3, -0.25) is 9.59 Å². The number of hydrogen-bond donors (Lipinski definition) is 2. The summed E-state index contributed by atoms with van der Waals surface area (Å²) in [5.74, 6) is -0.0914. The molecule has 1 fully saturated rings. The smallest absolute Gasteiger partial charge is 0.247 e. The number of carbonyl (C=O) groups excluding carboxylic acids is 2. The minimum Gasteiger partial charge on any atom is -0.354 e. The summed E-state index contributed by atoms with van der Waals surface area (Å²) in [6.45, 7) is 4.87. The number of nitrogens with one attached hydrogen (secondary N) is 2. The molecule has 1 atom stereocenters. The molecule has 39 heavy (non-hydrogen) atoms. The SMILES string of the molecule is CC(C)CNC(=O)C(c1ccccc1)N(Cc1ccccc1)C(=O)CCc1ccc(S(=O)(=O)NC2CC2)cc1. The van der Waals surface area contributed by atoms with Crippen molar-refractivity contribution in [2.75, 3.05) is 6.54 Å². The van der Waals surface area contributed by atoms with Crippen molar-refractivity contribution in [1.82, 2.24) is 14.9 Å². The summed E-state index contributed by atoms with van der Waals surface area (Å²) >= 11 is 0. The van der Waals surface area contributed by atoms with Gasteiger partial charge in [0, 0.05) is 25.6 Å². The molecule has 4 rings (SSSR count). The van der Waals surface area contributed by atoms with Crippen LogP contribution in [0.2, 0.25) is 0 Å². The number of nitrogens with zero attached hydrogens (tertiary/aromatic N) is 1. The molecule has 2 amide bonds. The van der Waals surface area contributed by atoms with E-state index in [-0.39, 0.29) is 35.1 Å². The van der Waals surface area contributed by atoms with Crippen molar-refractivity contribution in [2.24, 2.45) is 5.92 Å². The summed E-state index contributed by atoms with van der Waals surface area (Å²) in [4.78, 5) is 29.2. The highest BCUT2D eigenvalue weighted by Gasteiger charge is 2.31. The minimum atomic E-state index is -3.53. The van der Waals surface area contributed by atoms with Crippen LogP contribution in [0.4, 0.5) is 0 Å². The molecule has 3 aromatic carbocycles. The van der Waals surface area contributed by atoms with Gasteiger partial charge in [0.15, 0.2) is 0 Å². The highest BCUT2D eigenvalue weighted by molar-refractivity contribution is 7.89. The number of aryl methyl sites for hydroxylation is 1. The predicted octanol–water partition coefficient (Wildman–Crippen LogP) is 4.60. The van der Waals surface area contributed by atoms with E-state index in [1.54, 1.807) is 29.2 Å². The molecule has 7 nitrogen and oxygen atoms in total. The molecule has 0 heterocycles. The van der Waals surface area contributed by atoms with E-state index in [1.165, 1.54) is 0 Å². The molecule has 0 saturated heterocycles. The quantitative estimate of drug-likeness (QED) is 0.327. The highest BCUT2D eigenvalue weighted by Crippen LogP contribution is 2.26. The molecule has 0 radical (unpaired) electrons. The van der Waals surface area contributed by atoms with E-state index in [0.29, 0.717) is 19.5 Å². The third kappa shape index (κ3) is 8.25. The van der Waals surface area contributed by atoms with Gasteiger partial charge in [-0.05, 0) is 54.0 Å². The molecule has 1 saturated carbocycles. The van der Waals surface area contributed by atoms with E-state index in [2.05, 4.69) is 10.0 Å². The Morgan fingerprint density at radius 1 is 0.872 bits per heavy atom. The monoisotopic (exact) mass is 547 g/mol. The minimum absolute atomic E-state index is 0.0400. The summed E-state index contributed by atoms with van der Waals surface area (Å²) in [5, 5.41) is 3.02. The van der Waals surface area contributed by atoms with Gasteiger partial charge in [0.25, 0.3) is 0 Å². The van der Waals surface area contributed by atoms with Gasteiger partial charge in [0.1, 0.15) is 6.04 Å². The van der Waals surface area contributed by atoms with Gasteiger partial charge in [-0.25, -0.2) is 13.1 Å². The molecule has 0 spiro atoms. The van der Waals surface area contributed by atoms with Crippen LogP contribution in [0.25, 0.3) is 0 Å². The number of hydrogen-bond acceptors (Lipinski definition) is 4. The summed E-state index contributed by atoms with van der Waals surface area (Å²) in [5.41, 5.74) is 2.54. The lowest BCUT2D eigenvalue weighted by molar-refractivity contribution is -0.141. The fourth-order valence-corrected chi connectivity index (χ4v) is 5.64. The maximum absolute atomic E-state index is 13.8. The van der Waals surface area contributed by atoms with Crippen molar-refractivity contribution in [2.45, 2.75) is 63.1 Å². The van der Waals surface area contributed by atoms with Crippen LogP contribution < -0.4 is 10.0 Å². The van der Waals surface area contributed by atoms with Gasteiger partial charge in [-0.15, -0.1) is 0 Å². The Labute approximate surface area is 231 Å². The maximum atomic E-state index is 13.8. The Bertz CT molecular complexity index is 1340. The summed E-state index contributed by atoms with van der Waals surface area (Å²) < 4.78 is 27.6. The summed E-state index contributed by atoms with van der Waals surface area (Å²) in [7, 11) is -3.53. The second-order valence-electron chi connectivity index (χ2n) is 10.5. The first-order chi connectivity index (χ1) is 18.7. The van der Waals surface area contributed by atoms with Gasteiger partial charge in [0.05, 0.1) is 4.90 Å². The van der Waals surface area contributed by atoms with Crippen molar-refractivity contribution in [1.29, 1.82) is 0 Å². The molecule has 3 aromatic rings. The fourth-order valence-electron chi connectivity index (χ4n) is 4.33. The zero-order valence-electron chi connectivity index (χ0n) is 22.5. The summed E-state index contributed by atoms with van der Waals surface area (Å²) in [6.07, 6.45) is 2.35. The van der Waals surface area contributed by atoms with Crippen molar-refractivity contribution < 1.29 is 18.0 Å². The lowest BCUT2D eigenvalue weighted by atomic mass is 10.0. The van der Waals surface area contributed by atoms with Gasteiger partial charge in [-0.1, -0.05) is 86.6 Å². The van der Waals surface area contributed by atoms with Crippen LogP contribution in [0.1, 0.15) is 55.8 Å². The Balaban J connectivity index is 1.54. The average molecular weight is 548 g/mol. The lowest BCUT2D eigenvalue weighted by Gasteiger charge is -2.32. The molecule has 0 bridgehead atoms. The molecule has 1 aliphatic rings. The number of benzene rings is 3. The second-order valence-corrected chi connectivity index (χ2v) is 12.2. The molecular weight excluding hydrogens is 510 g/mol. The standard InChI is InChI=1S/C31H37N3O4S/c1-23(2)21-32-31(36)30(26-11-7-4-8-12-26)34(22-25-9-5-3-6-10-25)29(35)20-15-24-13-18-28(19-14-24)39(37,38)33-27-16-17-27/h3-14,18-19,23,27,30,33H,15-17,20-22H2,1-2H3,(H,32,36). The van der Waals surface area contributed by atoms with E-state index in [9.17, 15) is 18.0 Å². The molecule has 1 unspecified atom stereocenters. The highest BCUT2D eigenvalue weighted by atomic mass is 32.2. The molecule has 2 N–H and O–H groups in total. The number of rotatable bonds is 13. The van der Waals surface area contributed by atoms with Gasteiger partial charge in [-0.2, -0.15) is 0 Å². The average Bonchev–Trinajstić information content (AvgIpc) is 3.75.